The van der Waals surface area contributed by atoms with E-state index >= 15 is 0 Å². The van der Waals surface area contributed by atoms with Crippen LogP contribution in [-0.4, -0.2) is 41.9 Å². The maximum Gasteiger partial charge on any atom is 0.223 e. The Kier molecular flexibility index (Phi) is 5.74. The van der Waals surface area contributed by atoms with Gasteiger partial charge in [-0.25, -0.2) is 8.78 Å². The summed E-state index contributed by atoms with van der Waals surface area (Å²) in [5, 5.41) is 0. The van der Waals surface area contributed by atoms with Gasteiger partial charge in [-0.3, -0.25) is 9.69 Å². The Hall–Kier alpha value is -1.49. The van der Waals surface area contributed by atoms with Gasteiger partial charge in [-0.2, -0.15) is 0 Å². The number of hydrogen-bond acceptors (Lipinski definition) is 2. The molecule has 5 heteroatoms. The fraction of sp³-hybridized carbons (Fsp3) is 0.611. The average molecular weight is 324 g/mol. The first kappa shape index (κ1) is 17.9. The molecule has 1 saturated heterocycles. The Labute approximate surface area is 137 Å². The molecule has 1 heterocycles. The molecule has 3 nitrogen and oxygen atoms in total. The quantitative estimate of drug-likeness (QED) is 0.850. The number of hydrogen-bond donors (Lipinski definition) is 0. The molecule has 2 rings (SSSR count). The van der Waals surface area contributed by atoms with Crippen molar-refractivity contribution in [2.24, 2.45) is 5.41 Å². The van der Waals surface area contributed by atoms with Crippen LogP contribution in [0.1, 0.15) is 39.2 Å². The fourth-order valence-electron chi connectivity index (χ4n) is 2.84. The average Bonchev–Trinajstić information content (AvgIpc) is 2.67. The number of halogens is 2. The molecule has 0 aromatic heterocycles. The highest BCUT2D eigenvalue weighted by molar-refractivity contribution is 5.76. The Morgan fingerprint density at radius 3 is 2.48 bits per heavy atom. The van der Waals surface area contributed by atoms with E-state index in [1.165, 1.54) is 12.1 Å². The molecule has 0 radical (unpaired) electrons. The van der Waals surface area contributed by atoms with E-state index in [4.69, 9.17) is 0 Å². The zero-order chi connectivity index (χ0) is 17.0. The van der Waals surface area contributed by atoms with Crippen LogP contribution in [0.4, 0.5) is 8.78 Å². The monoisotopic (exact) mass is 324 g/mol. The first-order valence-corrected chi connectivity index (χ1v) is 8.19. The lowest BCUT2D eigenvalue weighted by Gasteiger charge is -2.25. The van der Waals surface area contributed by atoms with Crippen LogP contribution < -0.4 is 0 Å². The van der Waals surface area contributed by atoms with Gasteiger partial charge in [0.1, 0.15) is 0 Å². The number of rotatable bonds is 3. The summed E-state index contributed by atoms with van der Waals surface area (Å²) >= 11 is 0. The van der Waals surface area contributed by atoms with Crippen molar-refractivity contribution < 1.29 is 13.6 Å². The third kappa shape index (κ3) is 5.57. The fourth-order valence-corrected chi connectivity index (χ4v) is 2.84. The van der Waals surface area contributed by atoms with Crippen molar-refractivity contribution in [3.63, 3.8) is 0 Å². The zero-order valence-electron chi connectivity index (χ0n) is 14.2. The van der Waals surface area contributed by atoms with E-state index in [2.05, 4.69) is 25.7 Å². The smallest absolute Gasteiger partial charge is 0.223 e. The van der Waals surface area contributed by atoms with Gasteiger partial charge in [0.25, 0.3) is 0 Å². The van der Waals surface area contributed by atoms with Gasteiger partial charge < -0.3 is 4.90 Å². The Morgan fingerprint density at radius 2 is 1.83 bits per heavy atom. The van der Waals surface area contributed by atoms with Gasteiger partial charge in [-0.15, -0.1) is 0 Å². The molecule has 0 atom stereocenters. The molecule has 1 amide bonds. The molecule has 1 aliphatic heterocycles. The standard InChI is InChI=1S/C18H26F2N2O/c1-18(2,3)12-17(23)22-8-4-7-21(9-10-22)13-14-5-6-15(19)16(20)11-14/h5-6,11H,4,7-10,12-13H2,1-3H3. The highest BCUT2D eigenvalue weighted by Crippen LogP contribution is 2.20. The second kappa shape index (κ2) is 7.39. The zero-order valence-corrected chi connectivity index (χ0v) is 14.2. The summed E-state index contributed by atoms with van der Waals surface area (Å²) in [5.74, 6) is -1.42. The van der Waals surface area contributed by atoms with Gasteiger partial charge in [0.15, 0.2) is 11.6 Å². The van der Waals surface area contributed by atoms with Crippen LogP contribution in [0.3, 0.4) is 0 Å². The summed E-state index contributed by atoms with van der Waals surface area (Å²) in [6.45, 7) is 9.86. The van der Waals surface area contributed by atoms with E-state index in [0.717, 1.165) is 31.6 Å². The molecule has 0 unspecified atom stereocenters. The minimum Gasteiger partial charge on any atom is -0.341 e. The molecule has 0 aliphatic carbocycles. The summed E-state index contributed by atoms with van der Waals surface area (Å²) < 4.78 is 26.3. The Bertz CT molecular complexity index is 554. The first-order valence-electron chi connectivity index (χ1n) is 8.19. The summed E-state index contributed by atoms with van der Waals surface area (Å²) in [5.41, 5.74) is 0.757. The van der Waals surface area contributed by atoms with Gasteiger partial charge in [0.05, 0.1) is 0 Å². The second-order valence-electron chi connectivity index (χ2n) is 7.50. The molecule has 0 N–H and O–H groups in total. The summed E-state index contributed by atoms with van der Waals surface area (Å²) in [6, 6.07) is 4.04. The molecule has 1 aromatic rings. The Morgan fingerprint density at radius 1 is 1.09 bits per heavy atom. The molecular formula is C18H26F2N2O. The third-order valence-electron chi connectivity index (χ3n) is 4.01. The van der Waals surface area contributed by atoms with Gasteiger partial charge >= 0.3 is 0 Å². The van der Waals surface area contributed by atoms with Crippen molar-refractivity contribution >= 4 is 5.91 Å². The van der Waals surface area contributed by atoms with E-state index in [1.54, 1.807) is 6.07 Å². The lowest BCUT2D eigenvalue weighted by atomic mass is 9.91. The SMILES string of the molecule is CC(C)(C)CC(=O)N1CCCN(Cc2ccc(F)c(F)c2)CC1. The first-order chi connectivity index (χ1) is 10.7. The molecular weight excluding hydrogens is 298 g/mol. The summed E-state index contributed by atoms with van der Waals surface area (Å²) in [4.78, 5) is 16.4. The van der Waals surface area contributed by atoms with Crippen molar-refractivity contribution in [2.75, 3.05) is 26.2 Å². The van der Waals surface area contributed by atoms with Crippen LogP contribution in [0.5, 0.6) is 0 Å². The lowest BCUT2D eigenvalue weighted by molar-refractivity contribution is -0.132. The van der Waals surface area contributed by atoms with Crippen LogP contribution in [0.15, 0.2) is 18.2 Å². The van der Waals surface area contributed by atoms with E-state index < -0.39 is 11.6 Å². The van der Waals surface area contributed by atoms with E-state index in [9.17, 15) is 13.6 Å². The van der Waals surface area contributed by atoms with E-state index in [1.807, 2.05) is 4.90 Å². The van der Waals surface area contributed by atoms with E-state index in [0.29, 0.717) is 19.5 Å². The highest BCUT2D eigenvalue weighted by atomic mass is 19.2. The van der Waals surface area contributed by atoms with Gasteiger partial charge in [-0.05, 0) is 29.5 Å². The van der Waals surface area contributed by atoms with Crippen LogP contribution >= 0.6 is 0 Å². The summed E-state index contributed by atoms with van der Waals surface area (Å²) in [6.07, 6.45) is 1.45. The second-order valence-corrected chi connectivity index (χ2v) is 7.50. The normalized spacial score (nSPS) is 17.2. The number of nitrogens with zero attached hydrogens (tertiary/aromatic N) is 2. The van der Waals surface area contributed by atoms with E-state index in [-0.39, 0.29) is 11.3 Å². The van der Waals surface area contributed by atoms with Crippen LogP contribution in [0, 0.1) is 17.0 Å². The molecule has 1 aromatic carbocycles. The molecule has 128 valence electrons. The van der Waals surface area contributed by atoms with Gasteiger partial charge in [0.2, 0.25) is 5.91 Å². The number of carbonyl (C=O) groups is 1. The highest BCUT2D eigenvalue weighted by Gasteiger charge is 2.23. The van der Waals surface area contributed by atoms with Crippen LogP contribution in [-0.2, 0) is 11.3 Å². The maximum absolute atomic E-state index is 13.3. The molecule has 0 spiro atoms. The molecule has 0 bridgehead atoms. The van der Waals surface area contributed by atoms with Crippen molar-refractivity contribution in [3.8, 4) is 0 Å². The molecule has 23 heavy (non-hydrogen) atoms. The molecule has 1 aliphatic rings. The molecule has 0 saturated carbocycles. The predicted molar refractivity (Wildman–Crippen MR) is 86.9 cm³/mol. The Balaban J connectivity index is 1.90. The lowest BCUT2D eigenvalue weighted by Crippen LogP contribution is -2.36. The summed E-state index contributed by atoms with van der Waals surface area (Å²) in [7, 11) is 0. The van der Waals surface area contributed by atoms with Gasteiger partial charge in [0, 0.05) is 39.1 Å². The van der Waals surface area contributed by atoms with Crippen molar-refractivity contribution in [1.29, 1.82) is 0 Å². The largest absolute Gasteiger partial charge is 0.341 e. The number of carbonyl (C=O) groups excluding carboxylic acids is 1. The predicted octanol–water partition coefficient (Wildman–Crippen LogP) is 3.44. The van der Waals surface area contributed by atoms with Gasteiger partial charge in [-0.1, -0.05) is 26.8 Å². The minimum atomic E-state index is -0.816. The van der Waals surface area contributed by atoms with Crippen LogP contribution in [0.2, 0.25) is 0 Å². The number of benzene rings is 1. The van der Waals surface area contributed by atoms with Crippen molar-refractivity contribution in [2.45, 2.75) is 40.2 Å². The topological polar surface area (TPSA) is 23.6 Å². The van der Waals surface area contributed by atoms with Crippen molar-refractivity contribution in [3.05, 3.63) is 35.4 Å². The van der Waals surface area contributed by atoms with Crippen LogP contribution in [0.25, 0.3) is 0 Å². The minimum absolute atomic E-state index is 0.00524. The van der Waals surface area contributed by atoms with Crippen molar-refractivity contribution in [1.82, 2.24) is 9.80 Å². The molecule has 1 fully saturated rings. The third-order valence-corrected chi connectivity index (χ3v) is 4.01. The maximum atomic E-state index is 13.3. The number of amides is 1.